The summed E-state index contributed by atoms with van der Waals surface area (Å²) in [4.78, 5) is 32.1. The van der Waals surface area contributed by atoms with E-state index in [4.69, 9.17) is 36.5 Å². The number of halogens is 7. The van der Waals surface area contributed by atoms with Gasteiger partial charge in [-0.15, -0.1) is 0 Å². The number of nitrogen functional groups attached to an aromatic ring is 1. The van der Waals surface area contributed by atoms with Crippen molar-refractivity contribution in [3.05, 3.63) is 274 Å². The average molecular weight is 1340 g/mol. The minimum absolute atomic E-state index is 0.0195. The molecule has 456 valence electrons. The molecule has 0 amide bonds. The molecule has 0 unspecified atom stereocenters. The molecule has 90 heavy (non-hydrogen) atoms. The molecule has 20 heteroatoms. The van der Waals surface area contributed by atoms with Crippen LogP contribution in [0.25, 0.3) is 59.8 Å². The first kappa shape index (κ1) is 55.0. The molecule has 10 rings (SSSR count). The number of imidazole rings is 1. The van der Waals surface area contributed by atoms with Crippen LogP contribution in [-0.4, -0.2) is 19.4 Å². The van der Waals surface area contributed by atoms with Crippen molar-refractivity contribution in [2.24, 2.45) is 0 Å². The summed E-state index contributed by atoms with van der Waals surface area (Å²) in [5.41, 5.74) is 4.34. The molecule has 1 aromatic heterocycles. The lowest BCUT2D eigenvalue weighted by molar-refractivity contribution is -0.384. The molecule has 9 aromatic carbocycles. The lowest BCUT2D eigenvalue weighted by Crippen LogP contribution is -2.11. The Hall–Kier alpha value is -10.4. The van der Waals surface area contributed by atoms with Gasteiger partial charge in [0.05, 0.1) is 45.7 Å². The van der Waals surface area contributed by atoms with Crippen LogP contribution in [0, 0.1) is 83.2 Å². The van der Waals surface area contributed by atoms with E-state index >= 15 is 0 Å². The van der Waals surface area contributed by atoms with E-state index in [-0.39, 0.29) is 84.3 Å². The third kappa shape index (κ3) is 15.7. The maximum Gasteiger partial charge on any atom is 0.292 e. The van der Waals surface area contributed by atoms with Gasteiger partial charge in [0.1, 0.15) is 52.6 Å². The van der Waals surface area contributed by atoms with E-state index in [1.165, 1.54) is 149 Å². The second-order valence-corrected chi connectivity index (χ2v) is 22.8. The second kappa shape index (κ2) is 27.8. The molecule has 0 atom stereocenters. The number of rotatable bonds is 8. The molecule has 0 aliphatic rings. The molecule has 0 saturated carbocycles. The zero-order valence-electron chi connectivity index (χ0n) is 57.7. The number of anilines is 3. The van der Waals surface area contributed by atoms with Gasteiger partial charge in [0, 0.05) is 72.8 Å². The Kier molecular flexibility index (Phi) is 17.0. The highest BCUT2D eigenvalue weighted by molar-refractivity contribution is 14.1. The summed E-state index contributed by atoms with van der Waals surface area (Å²) in [5, 5.41) is 34.2. The molecule has 13 nitrogen and oxygen atoms in total. The fourth-order valence-electron chi connectivity index (χ4n) is 9.00. The SMILES string of the molecule is N#Cc1cccc(F)c1-c1cc(I)ccc1F.[2H]C([2H])([2H])C(C)(C)c1ccc(N)c([N+](=O)[O-])c1.[2H]C([2H])([2H])C(C)(C)c1ccc(Nc2ccc(F)c(-c3c(F)cccc3[N+]#[C-])c2)c([N+](=O)[O-])c1.[2H]C([2H])([2H])C(C)(C)c1ccc2c(c1)ncn2-c1ccc(F)c(-c2c(F)cccc2[N+]#[C-])c1. The highest BCUT2D eigenvalue weighted by Gasteiger charge is 2.24. The van der Waals surface area contributed by atoms with E-state index in [0.29, 0.717) is 27.8 Å². The average Bonchev–Trinajstić information content (AvgIpc) is 1.70. The Bertz CT molecular complexity index is 4910. The zero-order valence-corrected chi connectivity index (χ0v) is 50.8. The number of nitro benzene ring substituents is 2. The van der Waals surface area contributed by atoms with Crippen molar-refractivity contribution in [3.63, 3.8) is 0 Å². The molecule has 0 aliphatic carbocycles. The molecule has 1 heterocycles. The molecule has 10 aromatic rings. The number of nitrogens with one attached hydrogen (secondary N) is 1. The topological polar surface area (TPSA) is 175 Å². The summed E-state index contributed by atoms with van der Waals surface area (Å²) in [6, 6.07) is 39.5. The van der Waals surface area contributed by atoms with Crippen LogP contribution < -0.4 is 11.1 Å². The van der Waals surface area contributed by atoms with Crippen molar-refractivity contribution in [1.29, 1.82) is 5.26 Å². The molecule has 0 radical (unpaired) electrons. The number of fused-ring (bicyclic) bond motifs is 1. The summed E-state index contributed by atoms with van der Waals surface area (Å²) < 4.78 is 157. The standard InChI is InChI=1S/C24H19F2N3.C23H19F2N3O2.C13H6F2IN.C10H14N2O2/c1-24(2,3)15-8-11-22-21(12-15)28-14-29(22)16-9-10-18(25)17(13-16)23-19(26)6-5-7-20(23)27-4;1-23(2,3)14-8-11-19(21(12-14)28(29)30)27-15-9-10-17(24)16(13-15)22-18(25)6-5-7-20(22)26-4;14-11-5-4-9(16)6-10(11)13-8(7-17)2-1-3-12(13)15;1-10(2,3)7-4-5-8(11)9(6-7)12(13)14/h5-14H,1-3H3;5-13,27H,1-3H3;1-6H;4-6H,11H2,1-3H3/i2*1D3;;1D3. The second-order valence-electron chi connectivity index (χ2n) is 21.6. The molecule has 3 N–H and O–H groups in total. The first-order valence-corrected chi connectivity index (χ1v) is 27.8. The van der Waals surface area contributed by atoms with Crippen LogP contribution in [0.1, 0.15) is 96.7 Å². The Morgan fingerprint density at radius 2 is 1.07 bits per heavy atom. The largest absolute Gasteiger partial charge is 0.393 e. The summed E-state index contributed by atoms with van der Waals surface area (Å²) >= 11 is 2.01. The number of nitro groups is 2. The molecular formula is C70H58F6IN9O4. The van der Waals surface area contributed by atoms with E-state index in [2.05, 4.69) is 20.0 Å². The van der Waals surface area contributed by atoms with Gasteiger partial charge in [0.2, 0.25) is 0 Å². The van der Waals surface area contributed by atoms with E-state index < -0.39 is 81.6 Å². The lowest BCUT2D eigenvalue weighted by atomic mass is 9.86. The minimum Gasteiger partial charge on any atom is -0.393 e. The quantitative estimate of drug-likeness (QED) is 0.0377. The van der Waals surface area contributed by atoms with Crippen molar-refractivity contribution in [3.8, 4) is 45.1 Å². The number of nitriles is 1. The summed E-state index contributed by atoms with van der Waals surface area (Å²) in [6.45, 7) is 17.0. The minimum atomic E-state index is -2.39. The number of nitrogens with two attached hydrogens (primary N) is 1. The smallest absolute Gasteiger partial charge is 0.292 e. The monoisotopic (exact) mass is 1340 g/mol. The van der Waals surface area contributed by atoms with Gasteiger partial charge in [-0.3, -0.25) is 24.8 Å². The van der Waals surface area contributed by atoms with Crippen molar-refractivity contribution in [1.82, 2.24) is 9.55 Å². The van der Waals surface area contributed by atoms with Gasteiger partial charge in [-0.25, -0.2) is 41.0 Å². The predicted octanol–water partition coefficient (Wildman–Crippen LogP) is 20.5. The van der Waals surface area contributed by atoms with Crippen LogP contribution in [0.4, 0.5) is 66.2 Å². The Balaban J connectivity index is 0.000000194. The van der Waals surface area contributed by atoms with Gasteiger partial charge in [-0.2, -0.15) is 5.26 Å². The number of aromatic nitrogens is 2. The van der Waals surface area contributed by atoms with Crippen LogP contribution >= 0.6 is 22.6 Å². The highest BCUT2D eigenvalue weighted by Crippen LogP contribution is 2.40. The van der Waals surface area contributed by atoms with E-state index in [0.717, 1.165) is 15.7 Å². The highest BCUT2D eigenvalue weighted by atomic mass is 127. The van der Waals surface area contributed by atoms with Gasteiger partial charge in [-0.1, -0.05) is 111 Å². The van der Waals surface area contributed by atoms with Gasteiger partial charge in [0.25, 0.3) is 11.4 Å². The molecule has 0 bridgehead atoms. The third-order valence-electron chi connectivity index (χ3n) is 13.7. The fourth-order valence-corrected chi connectivity index (χ4v) is 9.50. The number of nitrogens with zero attached hydrogens (tertiary/aromatic N) is 7. The predicted molar refractivity (Wildman–Crippen MR) is 350 cm³/mol. The fraction of sp³-hybridized carbons (Fsp3) is 0.171. The van der Waals surface area contributed by atoms with Crippen molar-refractivity contribution < 1.29 is 48.5 Å². The molecule has 0 saturated heterocycles. The van der Waals surface area contributed by atoms with Crippen molar-refractivity contribution >= 4 is 73.4 Å². The van der Waals surface area contributed by atoms with E-state index in [9.17, 15) is 46.6 Å². The molecule has 0 spiro atoms. The van der Waals surface area contributed by atoms with E-state index in [1.54, 1.807) is 55.1 Å². The van der Waals surface area contributed by atoms with Crippen LogP contribution in [0.3, 0.4) is 0 Å². The Labute approximate surface area is 542 Å². The van der Waals surface area contributed by atoms with Gasteiger partial charge in [-0.05, 0) is 159 Å². The molecule has 0 aliphatic heterocycles. The summed E-state index contributed by atoms with van der Waals surface area (Å²) in [7, 11) is 0. The molecular weight excluding hydrogens is 1270 g/mol. The third-order valence-corrected chi connectivity index (χ3v) is 14.4. The number of hydrogen-bond acceptors (Lipinski definition) is 8. The summed E-state index contributed by atoms with van der Waals surface area (Å²) in [5.74, 6) is -3.99. The Morgan fingerprint density at radius 3 is 1.61 bits per heavy atom. The van der Waals surface area contributed by atoms with Gasteiger partial charge >= 0.3 is 0 Å². The van der Waals surface area contributed by atoms with Crippen LogP contribution in [0.2, 0.25) is 0 Å². The summed E-state index contributed by atoms with van der Waals surface area (Å²) in [6.07, 6.45) is 1.55. The number of hydrogen-bond donors (Lipinski definition) is 2. The lowest BCUT2D eigenvalue weighted by Gasteiger charge is -2.19. The maximum absolute atomic E-state index is 14.7. The molecule has 0 fully saturated rings. The van der Waals surface area contributed by atoms with Crippen LogP contribution in [0.5, 0.6) is 0 Å². The van der Waals surface area contributed by atoms with E-state index in [1.807, 2.05) is 28.7 Å². The van der Waals surface area contributed by atoms with Crippen LogP contribution in [0.15, 0.2) is 170 Å². The van der Waals surface area contributed by atoms with Crippen molar-refractivity contribution in [2.45, 2.75) is 78.3 Å². The van der Waals surface area contributed by atoms with Gasteiger partial charge in [0.15, 0.2) is 11.4 Å². The first-order chi connectivity index (χ1) is 46.1. The number of benzene rings is 9. The first-order valence-electron chi connectivity index (χ1n) is 31.3. The van der Waals surface area contributed by atoms with Crippen LogP contribution in [-0.2, 0) is 16.2 Å². The van der Waals surface area contributed by atoms with Crippen molar-refractivity contribution in [2.75, 3.05) is 11.1 Å². The maximum atomic E-state index is 14.7. The Morgan fingerprint density at radius 1 is 0.589 bits per heavy atom. The normalized spacial score (nSPS) is 13.0. The van der Waals surface area contributed by atoms with Gasteiger partial charge < -0.3 is 11.1 Å². The zero-order chi connectivity index (χ0) is 73.7.